The number of nitrogens with two attached hydrogens (primary N) is 6. The number of benzene rings is 1. The zero-order chi connectivity index (χ0) is 70.3. The number of ether oxygens (including phenoxy) is 1. The second kappa shape index (κ2) is 29.4. The Hall–Kier alpha value is -7.02. The number of carbonyl (C=O) groups is 8. The molecule has 1 radical (unpaired) electrons. The van der Waals surface area contributed by atoms with Crippen molar-refractivity contribution in [3.63, 3.8) is 0 Å². The predicted molar refractivity (Wildman–Crippen MR) is 342 cm³/mol. The smallest absolute Gasteiger partial charge is 0.756 e. The normalized spacial score (nSPS) is 30.6. The second-order valence-corrected chi connectivity index (χ2v) is 28.8. The van der Waals surface area contributed by atoms with Crippen LogP contribution in [0.5, 0.6) is 0 Å². The van der Waals surface area contributed by atoms with Crippen LogP contribution in [0.3, 0.4) is 0 Å². The molecule has 2 saturated heterocycles. The van der Waals surface area contributed by atoms with E-state index in [1.54, 1.807) is 6.92 Å². The van der Waals surface area contributed by atoms with E-state index in [0.29, 0.717) is 56.4 Å². The molecular weight excluding hydrogens is 1300 g/mol. The van der Waals surface area contributed by atoms with Crippen molar-refractivity contribution in [3.8, 4) is 0 Å². The second-order valence-electron chi connectivity index (χ2n) is 27.5. The van der Waals surface area contributed by atoms with Crippen LogP contribution in [0.4, 0.5) is 0 Å². The standard InChI is InChI=1S/C62H90N13O14P.C2H4O2.Co/c1-29-20-39-40(21-30(29)2)75(28-70-39)57-52(84)53(41(27-76)87-57)89-90(85,86)88-31(3)26-69-49(83)18-19-59(8)37(22-46(66)80)56-62(11)61(10,25-48(68)82)36(14-17-45(65)79)51(74-62)33(5)55-60(9,24-47(67)81)34(12-15-43(63)77)38(71-55)23-42-58(6,7)35(13-16-44(64)78)50(72-42)32(4)54(59)73-56;1-2(3)4;/h20-21,23,28,31,34-37,41,52-53,56-57,76,84H,12-19,22,24-27H2,1-11H3,(H15,63,64,65,66,67,68,69,71,72,73,74,77,78,79,80,81,82,83,85,86);1H3,(H,3,4);/q;;+2/p-3/t31?,34-,35-,36-,37+,41-,52-,53-,56-,57+,59-,60+,61+,62+;;/m1../s1. The van der Waals surface area contributed by atoms with E-state index in [1.807, 2.05) is 80.5 Å². The molecule has 8 bridgehead atoms. The number of allylic oxidation sites excluding steroid dienone is 6. The van der Waals surface area contributed by atoms with Gasteiger partial charge >= 0.3 is 16.8 Å². The number of primary amides is 6. The maximum absolute atomic E-state index is 14.4. The van der Waals surface area contributed by atoms with Crippen molar-refractivity contribution in [2.45, 2.75) is 196 Å². The van der Waals surface area contributed by atoms with E-state index in [4.69, 9.17) is 78.4 Å². The Morgan fingerprint density at radius 1 is 0.789 bits per heavy atom. The SMILES string of the molecule is CC(=O)[O-].CC1=C2[N-][C@H]([C@H](CC(N)=O)[C@@]2(C)CCC(=O)NCC(C)OP(=O)([O-])O[C@H]2[C@@H](O)[C@@H](n3cnc4cc(C)c(C)cc43)O[C@@H]2CO)[C@]2(C)N=C(C(C)=C3N=C(C=C4N=C1[C@@H](CCC(N)=O)C4(C)C)[C@@H](CCC(N)=O)[C@]3(C)CC(N)=O)[C@@H](CCC(N)=O)[C@]2(C)CC(N)=O.[Co+2]. The number of phosphoric ester groups is 1. The van der Waals surface area contributed by atoms with Crippen molar-refractivity contribution in [2.75, 3.05) is 13.2 Å². The minimum atomic E-state index is -5.32. The number of nitrogens with zero attached hydrogens (tertiary/aromatic N) is 6. The topological polar surface area (TPSA) is 505 Å². The number of imidazole rings is 1. The van der Waals surface area contributed by atoms with Gasteiger partial charge in [0.05, 0.1) is 41.3 Å². The molecule has 1 aromatic carbocycles. The Morgan fingerprint density at radius 3 is 1.92 bits per heavy atom. The molecule has 8 rings (SSSR count). The summed E-state index contributed by atoms with van der Waals surface area (Å²) in [6.45, 7) is 19.9. The maximum Gasteiger partial charge on any atom is 2.00 e. The summed E-state index contributed by atoms with van der Waals surface area (Å²) in [5.74, 6) is -8.49. The number of aliphatic carboxylic acids is 1. The molecule has 15 N–H and O–H groups in total. The molecule has 95 heavy (non-hydrogen) atoms. The molecule has 6 aliphatic rings. The van der Waals surface area contributed by atoms with Gasteiger partial charge < -0.3 is 88.4 Å². The number of fused-ring (bicyclic) bond motifs is 7. The third-order valence-electron chi connectivity index (χ3n) is 20.5. The Morgan fingerprint density at radius 2 is 1.36 bits per heavy atom. The van der Waals surface area contributed by atoms with E-state index in [1.165, 1.54) is 17.8 Å². The summed E-state index contributed by atoms with van der Waals surface area (Å²) >= 11 is 0. The molecule has 2 aromatic rings. The minimum absolute atomic E-state index is 0. The predicted octanol–water partition coefficient (Wildman–Crippen LogP) is 2.07. The summed E-state index contributed by atoms with van der Waals surface area (Å²) in [6, 6.07) is 2.65. The maximum atomic E-state index is 14.4. The number of rotatable bonds is 26. The van der Waals surface area contributed by atoms with Crippen LogP contribution in [-0.2, 0) is 73.5 Å². The number of aryl methyl sites for hydroxylation is 2. The van der Waals surface area contributed by atoms with E-state index < -0.39 is 149 Å². The number of aliphatic hydroxyl groups is 2. The van der Waals surface area contributed by atoms with Gasteiger partial charge in [-0.1, -0.05) is 40.7 Å². The molecule has 1 aromatic heterocycles. The average Bonchev–Trinajstić information content (AvgIpc) is 1.53. The molecule has 2 unspecified atom stereocenters. The number of aromatic nitrogens is 2. The fraction of sp³-hybridized carbons (Fsp3) is 0.625. The first-order valence-electron chi connectivity index (χ1n) is 31.4. The number of nitrogens with one attached hydrogen (secondary N) is 1. The fourth-order valence-electron chi connectivity index (χ4n) is 15.3. The van der Waals surface area contributed by atoms with Gasteiger partial charge in [-0.2, -0.15) is 5.70 Å². The molecule has 31 heteroatoms. The molecular formula is C64H91CoN13O16P-. The molecule has 0 spiro atoms. The number of carboxylic acids is 1. The van der Waals surface area contributed by atoms with Crippen LogP contribution in [0, 0.1) is 59.2 Å². The summed E-state index contributed by atoms with van der Waals surface area (Å²) < 4.78 is 31.9. The number of amides is 7. The van der Waals surface area contributed by atoms with Gasteiger partial charge in [0.25, 0.3) is 7.82 Å². The zero-order valence-electron chi connectivity index (χ0n) is 55.8. The van der Waals surface area contributed by atoms with Gasteiger partial charge in [-0.05, 0) is 126 Å². The molecule has 523 valence electrons. The number of carbonyl (C=O) groups excluding carboxylic acids is 8. The van der Waals surface area contributed by atoms with Crippen molar-refractivity contribution in [2.24, 2.45) is 94.7 Å². The van der Waals surface area contributed by atoms with Gasteiger partial charge in [-0.15, -0.1) is 0 Å². The van der Waals surface area contributed by atoms with Gasteiger partial charge in [0.15, 0.2) is 6.23 Å². The fourth-order valence-corrected chi connectivity index (χ4v) is 16.4. The third kappa shape index (κ3) is 15.7. The van der Waals surface area contributed by atoms with Crippen molar-refractivity contribution >= 4 is 83.3 Å². The van der Waals surface area contributed by atoms with Gasteiger partial charge in [-0.25, -0.2) is 4.98 Å². The van der Waals surface area contributed by atoms with Gasteiger partial charge in [0.2, 0.25) is 41.4 Å². The van der Waals surface area contributed by atoms with E-state index in [-0.39, 0.29) is 94.0 Å². The Labute approximate surface area is 562 Å². The van der Waals surface area contributed by atoms with Crippen LogP contribution in [0.2, 0.25) is 0 Å². The zero-order valence-corrected chi connectivity index (χ0v) is 57.7. The largest absolute Gasteiger partial charge is 2.00 e. The van der Waals surface area contributed by atoms with Crippen LogP contribution < -0.4 is 49.7 Å². The van der Waals surface area contributed by atoms with Crippen LogP contribution in [0.1, 0.15) is 157 Å². The Bertz CT molecular complexity index is 3650. The molecule has 0 aliphatic carbocycles. The summed E-state index contributed by atoms with van der Waals surface area (Å²) in [4.78, 5) is 137. The van der Waals surface area contributed by atoms with Gasteiger partial charge in [0.1, 0.15) is 18.3 Å². The number of hydrogen-bond donors (Lipinski definition) is 9. The van der Waals surface area contributed by atoms with Crippen LogP contribution in [-0.4, -0.2) is 133 Å². The molecule has 29 nitrogen and oxygen atoms in total. The minimum Gasteiger partial charge on any atom is -0.756 e. The molecule has 15 atom stereocenters. The van der Waals surface area contributed by atoms with Crippen LogP contribution in [0.15, 0.2) is 67.8 Å². The number of aliphatic hydroxyl groups excluding tert-OH is 2. The molecule has 6 aliphatic heterocycles. The molecule has 2 fully saturated rings. The number of aliphatic imine (C=N–C) groups is 3. The monoisotopic (exact) mass is 1390 g/mol. The quantitative estimate of drug-likeness (QED) is 0.0609. The van der Waals surface area contributed by atoms with Crippen molar-refractivity contribution in [1.29, 1.82) is 0 Å². The summed E-state index contributed by atoms with van der Waals surface area (Å²) in [6.07, 6.45) is -4.79. The Balaban J connectivity index is 0.00000278. The van der Waals surface area contributed by atoms with Crippen molar-refractivity contribution in [1.82, 2.24) is 14.9 Å². The van der Waals surface area contributed by atoms with E-state index >= 15 is 0 Å². The number of phosphoric acid groups is 1. The summed E-state index contributed by atoms with van der Waals surface area (Å²) in [5, 5.41) is 39.0. The van der Waals surface area contributed by atoms with Crippen LogP contribution in [0.25, 0.3) is 16.4 Å². The summed E-state index contributed by atoms with van der Waals surface area (Å²) in [7, 11) is -5.32. The van der Waals surface area contributed by atoms with E-state index in [2.05, 4.69) is 10.3 Å². The van der Waals surface area contributed by atoms with Crippen LogP contribution >= 0.6 is 7.82 Å². The molecule has 7 amide bonds. The Kier molecular flexibility index (Phi) is 23.8. The summed E-state index contributed by atoms with van der Waals surface area (Å²) in [5.41, 5.74) is 36.7. The first-order chi connectivity index (χ1) is 43.6. The van der Waals surface area contributed by atoms with Crippen molar-refractivity contribution in [3.05, 3.63) is 69.2 Å². The number of hydrogen-bond acceptors (Lipinski definition) is 20. The van der Waals surface area contributed by atoms with Gasteiger partial charge in [0, 0.05) is 114 Å². The molecule has 7 heterocycles. The van der Waals surface area contributed by atoms with Gasteiger partial charge in [-0.3, -0.25) is 53.1 Å². The average molecular weight is 1390 g/mol. The number of carboxylic acid groups (broad SMARTS) is 1. The van der Waals surface area contributed by atoms with E-state index in [9.17, 15) is 53.2 Å². The van der Waals surface area contributed by atoms with Crippen molar-refractivity contribution < 1.29 is 93.7 Å². The third-order valence-corrected chi connectivity index (χ3v) is 21.6. The first-order valence-corrected chi connectivity index (χ1v) is 32.9. The van der Waals surface area contributed by atoms with E-state index in [0.717, 1.165) is 18.1 Å². The molecule has 0 saturated carbocycles. The first kappa shape index (κ1) is 77.0.